The Balaban J connectivity index is 2.32. The van der Waals surface area contributed by atoms with Gasteiger partial charge in [-0.05, 0) is 51.7 Å². The molecule has 0 spiro atoms. The number of carboxylic acid groups (broad SMARTS) is 1. The maximum absolute atomic E-state index is 13.0. The first-order valence-corrected chi connectivity index (χ1v) is 6.45. The summed E-state index contributed by atoms with van der Waals surface area (Å²) in [6.45, 7) is 5.77. The van der Waals surface area contributed by atoms with Crippen LogP contribution in [0.4, 0.5) is 4.39 Å². The number of carboxylic acids is 1. The molecule has 0 fully saturated rings. The first-order chi connectivity index (χ1) is 8.83. The van der Waals surface area contributed by atoms with Crippen molar-refractivity contribution in [3.05, 3.63) is 29.6 Å². The predicted octanol–water partition coefficient (Wildman–Crippen LogP) is 3.79. The second kappa shape index (κ2) is 6.55. The van der Waals surface area contributed by atoms with Gasteiger partial charge < -0.3 is 9.84 Å². The normalized spacial score (nSPS) is 11.4. The van der Waals surface area contributed by atoms with E-state index in [4.69, 9.17) is 9.84 Å². The van der Waals surface area contributed by atoms with Crippen molar-refractivity contribution in [2.24, 2.45) is 5.41 Å². The third-order valence-electron chi connectivity index (χ3n) is 3.18. The van der Waals surface area contributed by atoms with Crippen LogP contribution in [0.2, 0.25) is 0 Å². The monoisotopic (exact) mass is 268 g/mol. The molecule has 1 aromatic carbocycles. The van der Waals surface area contributed by atoms with Crippen LogP contribution in [-0.2, 0) is 4.79 Å². The molecule has 0 bridgehead atoms. The molecule has 1 N–H and O–H groups in total. The molecule has 19 heavy (non-hydrogen) atoms. The molecule has 0 atom stereocenters. The number of hydrogen-bond acceptors (Lipinski definition) is 2. The van der Waals surface area contributed by atoms with E-state index in [9.17, 15) is 9.18 Å². The molecule has 106 valence electrons. The smallest absolute Gasteiger partial charge is 0.309 e. The summed E-state index contributed by atoms with van der Waals surface area (Å²) in [6.07, 6.45) is 2.13. The van der Waals surface area contributed by atoms with Gasteiger partial charge in [0.1, 0.15) is 11.6 Å². The van der Waals surface area contributed by atoms with Gasteiger partial charge in [-0.15, -0.1) is 0 Å². The fraction of sp³-hybridized carbons (Fsp3) is 0.533. The van der Waals surface area contributed by atoms with E-state index in [0.717, 1.165) is 18.4 Å². The fourth-order valence-electron chi connectivity index (χ4n) is 1.69. The van der Waals surface area contributed by atoms with Crippen molar-refractivity contribution in [2.75, 3.05) is 6.61 Å². The van der Waals surface area contributed by atoms with Crippen LogP contribution in [0, 0.1) is 18.2 Å². The quantitative estimate of drug-likeness (QED) is 0.765. The summed E-state index contributed by atoms with van der Waals surface area (Å²) in [6, 6.07) is 4.45. The van der Waals surface area contributed by atoms with Crippen LogP contribution < -0.4 is 4.74 Å². The second-order valence-corrected chi connectivity index (χ2v) is 5.40. The van der Waals surface area contributed by atoms with Crippen molar-refractivity contribution in [3.63, 3.8) is 0 Å². The molecule has 0 amide bonds. The maximum Gasteiger partial charge on any atom is 0.309 e. The van der Waals surface area contributed by atoms with Gasteiger partial charge in [0.25, 0.3) is 0 Å². The van der Waals surface area contributed by atoms with Crippen LogP contribution in [0.3, 0.4) is 0 Å². The van der Waals surface area contributed by atoms with Gasteiger partial charge in [-0.3, -0.25) is 4.79 Å². The molecular weight excluding hydrogens is 247 g/mol. The summed E-state index contributed by atoms with van der Waals surface area (Å²) in [4.78, 5) is 10.9. The number of aliphatic carboxylic acids is 1. The minimum Gasteiger partial charge on any atom is -0.493 e. The number of ether oxygens (including phenoxy) is 1. The Morgan fingerprint density at radius 2 is 2.05 bits per heavy atom. The van der Waals surface area contributed by atoms with E-state index in [2.05, 4.69) is 0 Å². The SMILES string of the molecule is Cc1ccc(F)cc1OCCCCC(C)(C)C(=O)O. The average Bonchev–Trinajstić information content (AvgIpc) is 2.32. The standard InChI is InChI=1S/C15H21FO3/c1-11-6-7-12(16)10-13(11)19-9-5-4-8-15(2,3)14(17)18/h6-7,10H,4-5,8-9H2,1-3H3,(H,17,18). The summed E-state index contributed by atoms with van der Waals surface area (Å²) in [5.74, 6) is -0.542. The van der Waals surface area contributed by atoms with E-state index in [0.29, 0.717) is 18.8 Å². The molecule has 0 aromatic heterocycles. The van der Waals surface area contributed by atoms with Crippen molar-refractivity contribution >= 4 is 5.97 Å². The lowest BCUT2D eigenvalue weighted by molar-refractivity contribution is -0.147. The van der Waals surface area contributed by atoms with Gasteiger partial charge in [-0.2, -0.15) is 0 Å². The first-order valence-electron chi connectivity index (χ1n) is 6.45. The zero-order valence-electron chi connectivity index (χ0n) is 11.7. The zero-order chi connectivity index (χ0) is 14.5. The minimum absolute atomic E-state index is 0.312. The van der Waals surface area contributed by atoms with Crippen LogP contribution >= 0.6 is 0 Å². The van der Waals surface area contributed by atoms with Crippen molar-refractivity contribution < 1.29 is 19.0 Å². The van der Waals surface area contributed by atoms with Crippen LogP contribution in [0.25, 0.3) is 0 Å². The summed E-state index contributed by atoms with van der Waals surface area (Å²) in [5, 5.41) is 8.97. The summed E-state index contributed by atoms with van der Waals surface area (Å²) in [7, 11) is 0. The van der Waals surface area contributed by atoms with Crippen molar-refractivity contribution in [2.45, 2.75) is 40.0 Å². The van der Waals surface area contributed by atoms with Gasteiger partial charge in [0, 0.05) is 6.07 Å². The molecule has 0 aliphatic heterocycles. The van der Waals surface area contributed by atoms with Crippen molar-refractivity contribution in [1.82, 2.24) is 0 Å². The van der Waals surface area contributed by atoms with Gasteiger partial charge >= 0.3 is 5.97 Å². The number of aryl methyl sites for hydroxylation is 1. The van der Waals surface area contributed by atoms with E-state index in [1.165, 1.54) is 12.1 Å². The average molecular weight is 268 g/mol. The van der Waals surface area contributed by atoms with E-state index in [-0.39, 0.29) is 5.82 Å². The minimum atomic E-state index is -0.783. The lowest BCUT2D eigenvalue weighted by Crippen LogP contribution is -2.23. The topological polar surface area (TPSA) is 46.5 Å². The third-order valence-corrected chi connectivity index (χ3v) is 3.18. The highest BCUT2D eigenvalue weighted by atomic mass is 19.1. The Labute approximate surface area is 113 Å². The highest BCUT2D eigenvalue weighted by Crippen LogP contribution is 2.24. The highest BCUT2D eigenvalue weighted by Gasteiger charge is 2.25. The number of halogens is 1. The molecule has 0 aliphatic rings. The molecule has 1 rings (SSSR count). The lowest BCUT2D eigenvalue weighted by Gasteiger charge is -2.18. The number of hydrogen-bond donors (Lipinski definition) is 1. The van der Waals surface area contributed by atoms with Gasteiger partial charge in [0.2, 0.25) is 0 Å². The summed E-state index contributed by atoms with van der Waals surface area (Å²) >= 11 is 0. The Kier molecular flexibility index (Phi) is 5.33. The molecule has 1 aromatic rings. The number of benzene rings is 1. The van der Waals surface area contributed by atoms with Crippen molar-refractivity contribution in [1.29, 1.82) is 0 Å². The van der Waals surface area contributed by atoms with Gasteiger partial charge in [-0.25, -0.2) is 4.39 Å². The molecule has 3 nitrogen and oxygen atoms in total. The lowest BCUT2D eigenvalue weighted by atomic mass is 9.87. The Morgan fingerprint density at radius 3 is 2.68 bits per heavy atom. The Hall–Kier alpha value is -1.58. The molecule has 0 saturated carbocycles. The van der Waals surface area contributed by atoms with Crippen LogP contribution in [-0.4, -0.2) is 17.7 Å². The Morgan fingerprint density at radius 1 is 1.37 bits per heavy atom. The van der Waals surface area contributed by atoms with E-state index in [1.54, 1.807) is 19.9 Å². The Bertz CT molecular complexity index is 441. The molecular formula is C15H21FO3. The molecule has 0 heterocycles. The van der Waals surface area contributed by atoms with Crippen LogP contribution in [0.1, 0.15) is 38.7 Å². The molecule has 0 radical (unpaired) electrons. The summed E-state index contributed by atoms with van der Waals surface area (Å²) in [5.41, 5.74) is 0.196. The van der Waals surface area contributed by atoms with E-state index < -0.39 is 11.4 Å². The molecule has 4 heteroatoms. The van der Waals surface area contributed by atoms with Crippen molar-refractivity contribution in [3.8, 4) is 5.75 Å². The zero-order valence-corrected chi connectivity index (χ0v) is 11.7. The number of unbranched alkanes of at least 4 members (excludes halogenated alkanes) is 1. The predicted molar refractivity (Wildman–Crippen MR) is 71.9 cm³/mol. The summed E-state index contributed by atoms with van der Waals surface area (Å²) < 4.78 is 18.5. The molecule has 0 saturated heterocycles. The first kappa shape index (κ1) is 15.5. The van der Waals surface area contributed by atoms with E-state index in [1.807, 2.05) is 6.92 Å². The van der Waals surface area contributed by atoms with Crippen LogP contribution in [0.5, 0.6) is 5.75 Å². The highest BCUT2D eigenvalue weighted by molar-refractivity contribution is 5.73. The molecule has 0 unspecified atom stereocenters. The van der Waals surface area contributed by atoms with Gasteiger partial charge in [0.05, 0.1) is 12.0 Å². The molecule has 0 aliphatic carbocycles. The second-order valence-electron chi connectivity index (χ2n) is 5.40. The van der Waals surface area contributed by atoms with Crippen LogP contribution in [0.15, 0.2) is 18.2 Å². The number of rotatable bonds is 7. The third kappa shape index (κ3) is 4.89. The van der Waals surface area contributed by atoms with Gasteiger partial charge in [0.15, 0.2) is 0 Å². The largest absolute Gasteiger partial charge is 0.493 e. The fourth-order valence-corrected chi connectivity index (χ4v) is 1.69. The number of carbonyl (C=O) groups is 1. The van der Waals surface area contributed by atoms with E-state index >= 15 is 0 Å². The van der Waals surface area contributed by atoms with Gasteiger partial charge in [-0.1, -0.05) is 6.07 Å². The maximum atomic E-state index is 13.0.